The molecule has 1 aromatic rings. The van der Waals surface area contributed by atoms with Gasteiger partial charge in [0.05, 0.1) is 24.3 Å². The van der Waals surface area contributed by atoms with Crippen molar-refractivity contribution < 1.29 is 22.6 Å². The maximum Gasteiger partial charge on any atom is 0.434 e. The predicted molar refractivity (Wildman–Crippen MR) is 90.0 cm³/mol. The summed E-state index contributed by atoms with van der Waals surface area (Å²) in [4.78, 5) is 7.65. The van der Waals surface area contributed by atoms with E-state index in [-0.39, 0.29) is 6.10 Å². The van der Waals surface area contributed by atoms with Crippen molar-refractivity contribution >= 4 is 17.3 Å². The van der Waals surface area contributed by atoms with Crippen molar-refractivity contribution in [1.29, 1.82) is 0 Å². The van der Waals surface area contributed by atoms with Crippen LogP contribution < -0.4 is 10.6 Å². The van der Waals surface area contributed by atoms with E-state index in [0.717, 1.165) is 36.2 Å². The highest BCUT2D eigenvalue weighted by molar-refractivity contribution is 7.09. The first-order valence-corrected chi connectivity index (χ1v) is 9.02. The minimum absolute atomic E-state index is 0.206. The van der Waals surface area contributed by atoms with E-state index >= 15 is 0 Å². The van der Waals surface area contributed by atoms with Gasteiger partial charge in [-0.2, -0.15) is 13.2 Å². The van der Waals surface area contributed by atoms with E-state index in [1.54, 1.807) is 7.05 Å². The first-order valence-electron chi connectivity index (χ1n) is 8.14. The second-order valence-corrected chi connectivity index (χ2v) is 6.45. The van der Waals surface area contributed by atoms with Crippen LogP contribution in [0.15, 0.2) is 10.4 Å². The Morgan fingerprint density at radius 2 is 2.24 bits per heavy atom. The van der Waals surface area contributed by atoms with Crippen LogP contribution in [0.4, 0.5) is 13.2 Å². The number of thiazole rings is 1. The Bertz CT molecular complexity index is 545. The molecule has 142 valence electrons. The van der Waals surface area contributed by atoms with Crippen LogP contribution in [0.3, 0.4) is 0 Å². The molecule has 0 saturated carbocycles. The molecule has 25 heavy (non-hydrogen) atoms. The number of halogens is 3. The number of hydrogen-bond acceptors (Lipinski definition) is 5. The highest BCUT2D eigenvalue weighted by Gasteiger charge is 2.33. The molecule has 2 rings (SSSR count). The van der Waals surface area contributed by atoms with Gasteiger partial charge in [-0.15, -0.1) is 11.3 Å². The number of aliphatic imine (C=N–C) groups is 1. The lowest BCUT2D eigenvalue weighted by atomic mass is 10.2. The van der Waals surface area contributed by atoms with Crippen LogP contribution in [0.2, 0.25) is 0 Å². The molecule has 1 unspecified atom stereocenters. The smallest absolute Gasteiger partial charge is 0.377 e. The van der Waals surface area contributed by atoms with Crippen LogP contribution >= 0.6 is 11.3 Å². The zero-order valence-electron chi connectivity index (χ0n) is 14.1. The number of aromatic nitrogens is 1. The van der Waals surface area contributed by atoms with Gasteiger partial charge in [0.25, 0.3) is 0 Å². The summed E-state index contributed by atoms with van der Waals surface area (Å²) in [6.07, 6.45) is -1.65. The topological polar surface area (TPSA) is 67.8 Å². The van der Waals surface area contributed by atoms with Gasteiger partial charge in [0, 0.05) is 38.5 Å². The van der Waals surface area contributed by atoms with Crippen LogP contribution in [-0.4, -0.2) is 57.0 Å². The molecule has 6 nitrogen and oxygen atoms in total. The van der Waals surface area contributed by atoms with Crippen molar-refractivity contribution in [3.8, 4) is 0 Å². The van der Waals surface area contributed by atoms with Crippen LogP contribution in [0.1, 0.15) is 23.5 Å². The summed E-state index contributed by atoms with van der Waals surface area (Å²) in [5.41, 5.74) is -0.835. The molecule has 2 heterocycles. The van der Waals surface area contributed by atoms with Crippen molar-refractivity contribution in [2.45, 2.75) is 31.5 Å². The van der Waals surface area contributed by atoms with Gasteiger partial charge in [-0.1, -0.05) is 0 Å². The van der Waals surface area contributed by atoms with E-state index < -0.39 is 11.9 Å². The first kappa shape index (κ1) is 19.9. The Labute approximate surface area is 148 Å². The van der Waals surface area contributed by atoms with Crippen molar-refractivity contribution in [3.63, 3.8) is 0 Å². The summed E-state index contributed by atoms with van der Waals surface area (Å²) in [7, 11) is 1.63. The molecule has 2 N–H and O–H groups in total. The molecule has 0 spiro atoms. The van der Waals surface area contributed by atoms with Gasteiger partial charge in [-0.05, 0) is 12.8 Å². The Kier molecular flexibility index (Phi) is 7.91. The molecule has 0 aromatic carbocycles. The zero-order chi connectivity index (χ0) is 18.1. The Morgan fingerprint density at radius 1 is 1.44 bits per heavy atom. The molecule has 0 bridgehead atoms. The van der Waals surface area contributed by atoms with Gasteiger partial charge in [0.1, 0.15) is 0 Å². The SMILES string of the molecule is CN=C(NCCOCC1CCCO1)NCCc1nc(C(F)(F)F)cs1. The second kappa shape index (κ2) is 9.93. The van der Waals surface area contributed by atoms with Crippen LogP contribution in [0.5, 0.6) is 0 Å². The summed E-state index contributed by atoms with van der Waals surface area (Å²) in [6.45, 7) is 2.97. The molecule has 0 radical (unpaired) electrons. The molecule has 0 amide bonds. The number of hydrogen-bond donors (Lipinski definition) is 2. The summed E-state index contributed by atoms with van der Waals surface area (Å²) in [5, 5.41) is 7.60. The standard InChI is InChI=1S/C15H23F3N4O2S/c1-19-14(21-6-8-23-9-11-3-2-7-24-11)20-5-4-13-22-12(10-25-13)15(16,17)18/h10-11H,2-9H2,1H3,(H2,19,20,21). The van der Waals surface area contributed by atoms with E-state index in [1.807, 2.05) is 0 Å². The fraction of sp³-hybridized carbons (Fsp3) is 0.733. The predicted octanol–water partition coefficient (Wildman–Crippen LogP) is 2.06. The average molecular weight is 380 g/mol. The molecule has 1 aliphatic heterocycles. The maximum absolute atomic E-state index is 12.5. The van der Waals surface area contributed by atoms with Crippen LogP contribution in [0.25, 0.3) is 0 Å². The van der Waals surface area contributed by atoms with Gasteiger partial charge in [-0.3, -0.25) is 4.99 Å². The molecular weight excluding hydrogens is 357 g/mol. The second-order valence-electron chi connectivity index (χ2n) is 5.51. The van der Waals surface area contributed by atoms with E-state index in [1.165, 1.54) is 0 Å². The largest absolute Gasteiger partial charge is 0.434 e. The Hall–Kier alpha value is -1.39. The highest BCUT2D eigenvalue weighted by atomic mass is 32.1. The normalized spacial score (nSPS) is 18.6. The van der Waals surface area contributed by atoms with Crippen molar-refractivity contribution in [2.24, 2.45) is 4.99 Å². The van der Waals surface area contributed by atoms with Gasteiger partial charge in [0.2, 0.25) is 0 Å². The molecule has 0 aliphatic carbocycles. The lowest BCUT2D eigenvalue weighted by molar-refractivity contribution is -0.140. The van der Waals surface area contributed by atoms with Gasteiger partial charge >= 0.3 is 6.18 Å². The first-order chi connectivity index (χ1) is 12.0. The van der Waals surface area contributed by atoms with Crippen molar-refractivity contribution in [2.75, 3.05) is 40.0 Å². The summed E-state index contributed by atoms with van der Waals surface area (Å²) >= 11 is 1.01. The van der Waals surface area contributed by atoms with E-state index in [4.69, 9.17) is 9.47 Å². The summed E-state index contributed by atoms with van der Waals surface area (Å²) < 4.78 is 48.5. The van der Waals surface area contributed by atoms with E-state index in [9.17, 15) is 13.2 Å². The molecule has 1 fully saturated rings. The third kappa shape index (κ3) is 7.17. The van der Waals surface area contributed by atoms with E-state index in [2.05, 4.69) is 20.6 Å². The van der Waals surface area contributed by atoms with Gasteiger partial charge in [-0.25, -0.2) is 4.98 Å². The minimum Gasteiger partial charge on any atom is -0.377 e. The lowest BCUT2D eigenvalue weighted by Gasteiger charge is -2.13. The number of nitrogens with zero attached hydrogens (tertiary/aromatic N) is 2. The molecule has 1 saturated heterocycles. The van der Waals surface area contributed by atoms with Gasteiger partial charge < -0.3 is 20.1 Å². The Morgan fingerprint density at radius 3 is 2.88 bits per heavy atom. The number of guanidine groups is 1. The highest BCUT2D eigenvalue weighted by Crippen LogP contribution is 2.29. The minimum atomic E-state index is -4.39. The van der Waals surface area contributed by atoms with Crippen molar-refractivity contribution in [3.05, 3.63) is 16.1 Å². The Balaban J connectivity index is 1.57. The summed E-state index contributed by atoms with van der Waals surface area (Å²) in [5.74, 6) is 0.577. The molecule has 1 aromatic heterocycles. The molecular formula is C15H23F3N4O2S. The maximum atomic E-state index is 12.5. The van der Waals surface area contributed by atoms with Gasteiger partial charge in [0.15, 0.2) is 11.7 Å². The third-order valence-electron chi connectivity index (χ3n) is 3.56. The van der Waals surface area contributed by atoms with Crippen LogP contribution in [0, 0.1) is 0 Å². The third-order valence-corrected chi connectivity index (χ3v) is 4.47. The fourth-order valence-electron chi connectivity index (χ4n) is 2.30. The number of ether oxygens (including phenoxy) is 2. The van der Waals surface area contributed by atoms with E-state index in [0.29, 0.717) is 43.7 Å². The van der Waals surface area contributed by atoms with Crippen molar-refractivity contribution in [1.82, 2.24) is 15.6 Å². The quantitative estimate of drug-likeness (QED) is 0.411. The molecule has 1 atom stereocenters. The monoisotopic (exact) mass is 380 g/mol. The lowest BCUT2D eigenvalue weighted by Crippen LogP contribution is -2.40. The molecule has 1 aliphatic rings. The fourth-order valence-corrected chi connectivity index (χ4v) is 3.10. The number of nitrogens with one attached hydrogen (secondary N) is 2. The average Bonchev–Trinajstić information content (AvgIpc) is 3.24. The molecule has 10 heteroatoms. The van der Waals surface area contributed by atoms with Crippen LogP contribution in [-0.2, 0) is 22.1 Å². The number of alkyl halides is 3. The zero-order valence-corrected chi connectivity index (χ0v) is 14.9. The summed E-state index contributed by atoms with van der Waals surface area (Å²) in [6, 6.07) is 0. The number of rotatable bonds is 8.